The highest BCUT2D eigenvalue weighted by Crippen LogP contribution is 2.29. The summed E-state index contributed by atoms with van der Waals surface area (Å²) in [5, 5.41) is 3.91. The van der Waals surface area contributed by atoms with Gasteiger partial charge in [-0.1, -0.05) is 43.4 Å². The van der Waals surface area contributed by atoms with Crippen molar-refractivity contribution in [1.29, 1.82) is 0 Å². The van der Waals surface area contributed by atoms with Crippen LogP contribution in [-0.4, -0.2) is 13.1 Å². The highest BCUT2D eigenvalue weighted by molar-refractivity contribution is 6.31. The van der Waals surface area contributed by atoms with Crippen LogP contribution in [0.4, 0.5) is 4.39 Å². The second kappa shape index (κ2) is 7.25. The molecule has 0 heterocycles. The lowest BCUT2D eigenvalue weighted by Crippen LogP contribution is -2.28. The Labute approximate surface area is 120 Å². The van der Waals surface area contributed by atoms with Crippen LogP contribution in [0.15, 0.2) is 18.2 Å². The van der Waals surface area contributed by atoms with E-state index in [2.05, 4.69) is 5.32 Å². The van der Waals surface area contributed by atoms with Crippen molar-refractivity contribution in [3.05, 3.63) is 34.6 Å². The first-order chi connectivity index (χ1) is 9.19. The molecule has 1 atom stereocenters. The Morgan fingerprint density at radius 2 is 2.11 bits per heavy atom. The molecule has 1 aliphatic carbocycles. The average Bonchev–Trinajstić information content (AvgIpc) is 2.90. The fourth-order valence-corrected chi connectivity index (χ4v) is 3.28. The number of halogens is 2. The van der Waals surface area contributed by atoms with E-state index in [-0.39, 0.29) is 5.82 Å². The van der Waals surface area contributed by atoms with Crippen LogP contribution in [0, 0.1) is 11.7 Å². The van der Waals surface area contributed by atoms with Gasteiger partial charge in [0.25, 0.3) is 0 Å². The minimum Gasteiger partial charge on any atom is -0.317 e. The molecule has 19 heavy (non-hydrogen) atoms. The van der Waals surface area contributed by atoms with Gasteiger partial charge in [0, 0.05) is 11.1 Å². The van der Waals surface area contributed by atoms with E-state index >= 15 is 0 Å². The first-order valence-electron chi connectivity index (χ1n) is 7.30. The molecule has 1 aromatic rings. The maximum absolute atomic E-state index is 13.0. The van der Waals surface area contributed by atoms with Crippen LogP contribution in [0.5, 0.6) is 0 Å². The summed E-state index contributed by atoms with van der Waals surface area (Å²) >= 11 is 6.09. The van der Waals surface area contributed by atoms with Gasteiger partial charge in [-0.05, 0) is 49.9 Å². The maximum atomic E-state index is 13.0. The van der Waals surface area contributed by atoms with E-state index in [0.717, 1.165) is 17.9 Å². The standard InChI is InChI=1S/C16H23ClFN/c1-19-15(9-6-12-4-2-3-5-12)10-13-7-8-14(18)11-16(13)17/h7-8,11-12,15,19H,2-6,9-10H2,1H3. The number of likely N-dealkylation sites (N-methyl/N-ethyl adjacent to an activating group) is 1. The molecule has 2 rings (SSSR count). The average molecular weight is 284 g/mol. The molecule has 0 saturated heterocycles. The topological polar surface area (TPSA) is 12.0 Å². The SMILES string of the molecule is CNC(CCC1CCCC1)Cc1ccc(F)cc1Cl. The Bertz CT molecular complexity index is 402. The van der Waals surface area contributed by atoms with Crippen molar-refractivity contribution in [3.63, 3.8) is 0 Å². The quantitative estimate of drug-likeness (QED) is 0.806. The molecular formula is C16H23ClFN. The molecule has 0 bridgehead atoms. The second-order valence-electron chi connectivity index (χ2n) is 5.65. The summed E-state index contributed by atoms with van der Waals surface area (Å²) in [7, 11) is 2.00. The van der Waals surface area contributed by atoms with Gasteiger partial charge in [0.1, 0.15) is 5.82 Å². The van der Waals surface area contributed by atoms with Gasteiger partial charge in [0.05, 0.1) is 0 Å². The molecule has 0 aromatic heterocycles. The van der Waals surface area contributed by atoms with Crippen LogP contribution in [0.3, 0.4) is 0 Å². The summed E-state index contributed by atoms with van der Waals surface area (Å²) in [4.78, 5) is 0. The molecule has 0 spiro atoms. The van der Waals surface area contributed by atoms with Crippen LogP contribution in [0.1, 0.15) is 44.1 Å². The third-order valence-corrected chi connectivity index (χ3v) is 4.64. The number of nitrogens with one attached hydrogen (secondary N) is 1. The van der Waals surface area contributed by atoms with E-state index in [0.29, 0.717) is 11.1 Å². The van der Waals surface area contributed by atoms with Crippen molar-refractivity contribution in [2.75, 3.05) is 7.05 Å². The molecule has 3 heteroatoms. The number of rotatable bonds is 6. The molecular weight excluding hydrogens is 261 g/mol. The Morgan fingerprint density at radius 3 is 2.74 bits per heavy atom. The van der Waals surface area contributed by atoms with Crippen LogP contribution in [0.25, 0.3) is 0 Å². The zero-order chi connectivity index (χ0) is 13.7. The van der Waals surface area contributed by atoms with Crippen molar-refractivity contribution in [2.24, 2.45) is 5.92 Å². The minimum absolute atomic E-state index is 0.263. The Morgan fingerprint density at radius 1 is 1.37 bits per heavy atom. The van der Waals surface area contributed by atoms with E-state index in [1.54, 1.807) is 6.07 Å². The van der Waals surface area contributed by atoms with Crippen molar-refractivity contribution in [3.8, 4) is 0 Å². The molecule has 1 N–H and O–H groups in total. The molecule has 0 radical (unpaired) electrons. The summed E-state index contributed by atoms with van der Waals surface area (Å²) < 4.78 is 13.0. The number of hydrogen-bond donors (Lipinski definition) is 1. The number of hydrogen-bond acceptors (Lipinski definition) is 1. The van der Waals surface area contributed by atoms with Gasteiger partial charge < -0.3 is 5.32 Å². The zero-order valence-electron chi connectivity index (χ0n) is 11.6. The molecule has 1 saturated carbocycles. The smallest absolute Gasteiger partial charge is 0.124 e. The third-order valence-electron chi connectivity index (χ3n) is 4.29. The molecule has 1 aromatic carbocycles. The third kappa shape index (κ3) is 4.47. The van der Waals surface area contributed by atoms with Crippen LogP contribution in [0.2, 0.25) is 5.02 Å². The maximum Gasteiger partial charge on any atom is 0.124 e. The highest BCUT2D eigenvalue weighted by atomic mass is 35.5. The Balaban J connectivity index is 1.86. The molecule has 106 valence electrons. The molecule has 1 unspecified atom stereocenters. The lowest BCUT2D eigenvalue weighted by Gasteiger charge is -2.19. The van der Waals surface area contributed by atoms with Crippen molar-refractivity contribution >= 4 is 11.6 Å². The first kappa shape index (κ1) is 14.8. The van der Waals surface area contributed by atoms with Gasteiger partial charge in [-0.15, -0.1) is 0 Å². The van der Waals surface area contributed by atoms with Crippen LogP contribution < -0.4 is 5.32 Å². The number of benzene rings is 1. The summed E-state index contributed by atoms with van der Waals surface area (Å²) in [5.41, 5.74) is 1.04. The molecule has 1 nitrogen and oxygen atoms in total. The monoisotopic (exact) mass is 283 g/mol. The first-order valence-corrected chi connectivity index (χ1v) is 7.68. The predicted octanol–water partition coefficient (Wildman–Crippen LogP) is 4.58. The van der Waals surface area contributed by atoms with Gasteiger partial charge >= 0.3 is 0 Å². The van der Waals surface area contributed by atoms with Crippen molar-refractivity contribution in [2.45, 2.75) is 51.0 Å². The summed E-state index contributed by atoms with van der Waals surface area (Å²) in [5.74, 6) is 0.653. The molecule has 1 aliphatic rings. The molecule has 0 aliphatic heterocycles. The van der Waals surface area contributed by atoms with Gasteiger partial charge in [0.15, 0.2) is 0 Å². The van der Waals surface area contributed by atoms with Crippen molar-refractivity contribution in [1.82, 2.24) is 5.32 Å². The second-order valence-corrected chi connectivity index (χ2v) is 6.06. The summed E-state index contributed by atoms with van der Waals surface area (Å²) in [6.45, 7) is 0. The zero-order valence-corrected chi connectivity index (χ0v) is 12.3. The fraction of sp³-hybridized carbons (Fsp3) is 0.625. The summed E-state index contributed by atoms with van der Waals surface area (Å²) in [6, 6.07) is 5.13. The lowest BCUT2D eigenvalue weighted by molar-refractivity contribution is 0.418. The van der Waals surface area contributed by atoms with Crippen LogP contribution in [-0.2, 0) is 6.42 Å². The lowest BCUT2D eigenvalue weighted by atomic mass is 9.95. The summed E-state index contributed by atoms with van der Waals surface area (Å²) in [6.07, 6.45) is 8.94. The predicted molar refractivity (Wildman–Crippen MR) is 79.2 cm³/mol. The van der Waals surface area contributed by atoms with E-state index < -0.39 is 0 Å². The van der Waals surface area contributed by atoms with Gasteiger partial charge in [0.2, 0.25) is 0 Å². The van der Waals surface area contributed by atoms with E-state index in [9.17, 15) is 4.39 Å². The Kier molecular flexibility index (Phi) is 5.65. The highest BCUT2D eigenvalue weighted by Gasteiger charge is 2.17. The molecule has 1 fully saturated rings. The molecule has 0 amide bonds. The fourth-order valence-electron chi connectivity index (χ4n) is 3.04. The van der Waals surface area contributed by atoms with Gasteiger partial charge in [-0.25, -0.2) is 4.39 Å². The van der Waals surface area contributed by atoms with Crippen LogP contribution >= 0.6 is 11.6 Å². The van der Waals surface area contributed by atoms with Crippen molar-refractivity contribution < 1.29 is 4.39 Å². The van der Waals surface area contributed by atoms with E-state index in [1.807, 2.05) is 7.05 Å². The van der Waals surface area contributed by atoms with E-state index in [1.165, 1.54) is 50.7 Å². The normalized spacial score (nSPS) is 17.8. The van der Waals surface area contributed by atoms with Gasteiger partial charge in [-0.2, -0.15) is 0 Å². The Hall–Kier alpha value is -0.600. The minimum atomic E-state index is -0.263. The van der Waals surface area contributed by atoms with Gasteiger partial charge in [-0.3, -0.25) is 0 Å². The largest absolute Gasteiger partial charge is 0.317 e. The van der Waals surface area contributed by atoms with E-state index in [4.69, 9.17) is 11.6 Å².